The molecule has 3 N–H and O–H groups in total. The number of rotatable bonds is 6. The molecule has 0 fully saturated rings. The highest BCUT2D eigenvalue weighted by Crippen LogP contribution is 2.13. The summed E-state index contributed by atoms with van der Waals surface area (Å²) in [5.74, 6) is -1.08. The Bertz CT molecular complexity index is 525. The van der Waals surface area contributed by atoms with Crippen molar-refractivity contribution < 1.29 is 19.1 Å². The molecule has 6 heteroatoms. The number of primary amides is 1. The first-order valence-corrected chi connectivity index (χ1v) is 6.73. The third-order valence-electron chi connectivity index (χ3n) is 3.18. The largest absolute Gasteiger partial charge is 0.427 e. The van der Waals surface area contributed by atoms with E-state index in [9.17, 15) is 14.4 Å². The second-order valence-electron chi connectivity index (χ2n) is 4.86. The highest BCUT2D eigenvalue weighted by Gasteiger charge is 2.24. The second kappa shape index (κ2) is 7.42. The zero-order chi connectivity index (χ0) is 16.0. The predicted octanol–water partition coefficient (Wildman–Crippen LogP) is 1.24. The van der Waals surface area contributed by atoms with Crippen molar-refractivity contribution in [2.24, 2.45) is 11.7 Å². The zero-order valence-electron chi connectivity index (χ0n) is 12.4. The fourth-order valence-electron chi connectivity index (χ4n) is 1.79. The fourth-order valence-corrected chi connectivity index (χ4v) is 1.79. The number of amides is 2. The number of ether oxygens (including phenoxy) is 1. The van der Waals surface area contributed by atoms with Gasteiger partial charge in [-0.05, 0) is 30.2 Å². The smallest absolute Gasteiger partial charge is 0.308 e. The van der Waals surface area contributed by atoms with Crippen molar-refractivity contribution in [2.45, 2.75) is 33.2 Å². The van der Waals surface area contributed by atoms with Crippen LogP contribution in [0.5, 0.6) is 5.75 Å². The molecule has 0 saturated heterocycles. The van der Waals surface area contributed by atoms with Crippen molar-refractivity contribution in [1.82, 2.24) is 5.32 Å². The Morgan fingerprint density at radius 1 is 1.24 bits per heavy atom. The maximum Gasteiger partial charge on any atom is 0.308 e. The van der Waals surface area contributed by atoms with E-state index in [1.54, 1.807) is 0 Å². The summed E-state index contributed by atoms with van der Waals surface area (Å²) in [5, 5.41) is 2.62. The molecular weight excluding hydrogens is 272 g/mol. The first-order chi connectivity index (χ1) is 9.85. The molecule has 6 nitrogen and oxygen atoms in total. The topological polar surface area (TPSA) is 98.5 Å². The number of carbonyl (C=O) groups is 3. The van der Waals surface area contributed by atoms with E-state index in [1.165, 1.54) is 31.2 Å². The van der Waals surface area contributed by atoms with Gasteiger partial charge in [0.25, 0.3) is 5.91 Å². The summed E-state index contributed by atoms with van der Waals surface area (Å²) >= 11 is 0. The van der Waals surface area contributed by atoms with Gasteiger partial charge in [0.05, 0.1) is 0 Å². The Kier molecular flexibility index (Phi) is 5.90. The van der Waals surface area contributed by atoms with Crippen molar-refractivity contribution >= 4 is 17.8 Å². The molecule has 21 heavy (non-hydrogen) atoms. The Balaban J connectivity index is 2.78. The molecule has 0 aliphatic rings. The Morgan fingerprint density at radius 2 is 1.81 bits per heavy atom. The summed E-state index contributed by atoms with van der Waals surface area (Å²) in [6, 6.07) is 5.35. The second-order valence-corrected chi connectivity index (χ2v) is 4.86. The molecule has 1 aromatic rings. The van der Waals surface area contributed by atoms with E-state index < -0.39 is 23.8 Å². The van der Waals surface area contributed by atoms with Gasteiger partial charge in [-0.15, -0.1) is 0 Å². The standard InChI is InChI=1S/C15H20N2O4/c1-4-9(2)13(14(16)19)17-15(20)11-5-7-12(8-6-11)21-10(3)18/h5-9,13H,4H2,1-3H3,(H2,16,19)(H,17,20)/t9-,13+/m1/s1. The minimum atomic E-state index is -0.712. The number of hydrogen-bond acceptors (Lipinski definition) is 4. The molecule has 114 valence electrons. The molecule has 0 saturated carbocycles. The normalized spacial score (nSPS) is 13.1. The van der Waals surface area contributed by atoms with E-state index in [2.05, 4.69) is 5.32 Å². The van der Waals surface area contributed by atoms with Crippen molar-refractivity contribution in [2.75, 3.05) is 0 Å². The van der Waals surface area contributed by atoms with Gasteiger partial charge < -0.3 is 15.8 Å². The molecule has 0 aromatic heterocycles. The first kappa shape index (κ1) is 16.7. The summed E-state index contributed by atoms with van der Waals surface area (Å²) < 4.78 is 4.88. The van der Waals surface area contributed by atoms with Crippen LogP contribution >= 0.6 is 0 Å². The molecule has 0 heterocycles. The number of nitrogens with two attached hydrogens (primary N) is 1. The fraction of sp³-hybridized carbons (Fsp3) is 0.400. The molecular formula is C15H20N2O4. The summed E-state index contributed by atoms with van der Waals surface area (Å²) in [6.45, 7) is 5.06. The van der Waals surface area contributed by atoms with Crippen LogP contribution < -0.4 is 15.8 Å². The average molecular weight is 292 g/mol. The quantitative estimate of drug-likeness (QED) is 0.608. The first-order valence-electron chi connectivity index (χ1n) is 6.73. The monoisotopic (exact) mass is 292 g/mol. The summed E-state index contributed by atoms with van der Waals surface area (Å²) in [7, 11) is 0. The maximum absolute atomic E-state index is 12.1. The van der Waals surface area contributed by atoms with E-state index in [4.69, 9.17) is 10.5 Å². The zero-order valence-corrected chi connectivity index (χ0v) is 12.4. The van der Waals surface area contributed by atoms with Crippen molar-refractivity contribution in [1.29, 1.82) is 0 Å². The molecule has 0 bridgehead atoms. The van der Waals surface area contributed by atoms with Crippen LogP contribution in [0.1, 0.15) is 37.6 Å². The van der Waals surface area contributed by atoms with Gasteiger partial charge in [-0.3, -0.25) is 14.4 Å². The number of carbonyl (C=O) groups excluding carboxylic acids is 3. The lowest BCUT2D eigenvalue weighted by Crippen LogP contribution is -2.48. The lowest BCUT2D eigenvalue weighted by molar-refractivity contribution is -0.131. The molecule has 1 rings (SSSR count). The van der Waals surface area contributed by atoms with Gasteiger partial charge in [-0.2, -0.15) is 0 Å². The molecule has 0 unspecified atom stereocenters. The Labute approximate surface area is 123 Å². The van der Waals surface area contributed by atoms with Crippen LogP contribution in [-0.4, -0.2) is 23.8 Å². The Morgan fingerprint density at radius 3 is 2.24 bits per heavy atom. The summed E-state index contributed by atoms with van der Waals surface area (Å²) in [6.07, 6.45) is 0.722. The lowest BCUT2D eigenvalue weighted by atomic mass is 9.98. The van der Waals surface area contributed by atoms with Crippen LogP contribution in [0.3, 0.4) is 0 Å². The highest BCUT2D eigenvalue weighted by atomic mass is 16.5. The van der Waals surface area contributed by atoms with E-state index in [-0.39, 0.29) is 5.92 Å². The molecule has 2 atom stereocenters. The van der Waals surface area contributed by atoms with Crippen molar-refractivity contribution in [3.05, 3.63) is 29.8 Å². The van der Waals surface area contributed by atoms with Crippen LogP contribution in [0.2, 0.25) is 0 Å². The molecule has 0 radical (unpaired) electrons. The SMILES string of the molecule is CC[C@@H](C)[C@H](NC(=O)c1ccc(OC(C)=O)cc1)C(N)=O. The van der Waals surface area contributed by atoms with Gasteiger partial charge in [-0.25, -0.2) is 0 Å². The number of esters is 1. The van der Waals surface area contributed by atoms with Gasteiger partial charge >= 0.3 is 5.97 Å². The van der Waals surface area contributed by atoms with Gasteiger partial charge in [0.2, 0.25) is 5.91 Å². The van der Waals surface area contributed by atoms with Crippen molar-refractivity contribution in [3.8, 4) is 5.75 Å². The lowest BCUT2D eigenvalue weighted by Gasteiger charge is -2.21. The average Bonchev–Trinajstić information content (AvgIpc) is 2.43. The minimum absolute atomic E-state index is 0.0493. The van der Waals surface area contributed by atoms with Gasteiger partial charge in [0, 0.05) is 12.5 Å². The van der Waals surface area contributed by atoms with Crippen molar-refractivity contribution in [3.63, 3.8) is 0 Å². The summed E-state index contributed by atoms with van der Waals surface area (Å²) in [4.78, 5) is 34.3. The third kappa shape index (κ3) is 4.91. The van der Waals surface area contributed by atoms with E-state index in [0.717, 1.165) is 6.42 Å². The third-order valence-corrected chi connectivity index (χ3v) is 3.18. The minimum Gasteiger partial charge on any atom is -0.427 e. The Hall–Kier alpha value is -2.37. The van der Waals surface area contributed by atoms with Gasteiger partial charge in [0.1, 0.15) is 11.8 Å². The van der Waals surface area contributed by atoms with E-state index in [1.807, 2.05) is 13.8 Å². The molecule has 2 amide bonds. The van der Waals surface area contributed by atoms with Crippen LogP contribution in [0.15, 0.2) is 24.3 Å². The molecule has 0 aliphatic heterocycles. The molecule has 1 aromatic carbocycles. The van der Waals surface area contributed by atoms with Crippen LogP contribution in [0, 0.1) is 5.92 Å². The molecule has 0 spiro atoms. The summed E-state index contributed by atoms with van der Waals surface area (Å²) in [5.41, 5.74) is 5.67. The number of hydrogen-bond donors (Lipinski definition) is 2. The van der Waals surface area contributed by atoms with Gasteiger partial charge in [0.15, 0.2) is 0 Å². The predicted molar refractivity (Wildman–Crippen MR) is 77.7 cm³/mol. The highest BCUT2D eigenvalue weighted by molar-refractivity contribution is 5.97. The molecule has 0 aliphatic carbocycles. The number of nitrogens with one attached hydrogen (secondary N) is 1. The van der Waals surface area contributed by atoms with Gasteiger partial charge in [-0.1, -0.05) is 20.3 Å². The maximum atomic E-state index is 12.1. The van der Waals surface area contributed by atoms with Crippen LogP contribution in [0.4, 0.5) is 0 Å². The number of benzene rings is 1. The van der Waals surface area contributed by atoms with E-state index >= 15 is 0 Å². The van der Waals surface area contributed by atoms with E-state index in [0.29, 0.717) is 11.3 Å². The van der Waals surface area contributed by atoms with Crippen LogP contribution in [-0.2, 0) is 9.59 Å². The van der Waals surface area contributed by atoms with Crippen LogP contribution in [0.25, 0.3) is 0 Å².